The van der Waals surface area contributed by atoms with Gasteiger partial charge in [-0.15, -0.1) is 0 Å². The maximum Gasteiger partial charge on any atom is 0.0468 e. The Kier molecular flexibility index (Phi) is 8.56. The molecule has 0 atom stereocenters. The molecule has 0 bridgehead atoms. The van der Waals surface area contributed by atoms with Crippen molar-refractivity contribution < 1.29 is 0 Å². The van der Waals surface area contributed by atoms with E-state index in [2.05, 4.69) is 241 Å². The van der Waals surface area contributed by atoms with Crippen LogP contribution in [0, 0.1) is 0 Å². The average Bonchev–Trinajstić information content (AvgIpc) is 3.32. The average molecular weight is 750 g/mol. The summed E-state index contributed by atoms with van der Waals surface area (Å²) in [7, 11) is 0. The van der Waals surface area contributed by atoms with Gasteiger partial charge < -0.3 is 4.90 Å². The number of nitrogens with zero attached hydrogens (tertiary/aromatic N) is 1. The van der Waals surface area contributed by atoms with E-state index in [1.54, 1.807) is 0 Å². The van der Waals surface area contributed by atoms with Gasteiger partial charge in [-0.25, -0.2) is 0 Å². The lowest BCUT2D eigenvalue weighted by Crippen LogP contribution is -2.10. The van der Waals surface area contributed by atoms with Crippen LogP contribution in [0.2, 0.25) is 0 Å². The van der Waals surface area contributed by atoms with Gasteiger partial charge in [-0.1, -0.05) is 182 Å². The molecular weight excluding hydrogens is 711 g/mol. The Balaban J connectivity index is 1.14. The summed E-state index contributed by atoms with van der Waals surface area (Å²) < 4.78 is 0. The van der Waals surface area contributed by atoms with E-state index in [0.29, 0.717) is 0 Å². The first-order valence-electron chi connectivity index (χ1n) is 20.3. The van der Waals surface area contributed by atoms with E-state index in [4.69, 9.17) is 0 Å². The van der Waals surface area contributed by atoms with Crippen LogP contribution in [0.4, 0.5) is 17.1 Å². The number of fused-ring (bicyclic) bond motifs is 5. The van der Waals surface area contributed by atoms with Gasteiger partial charge in [0.15, 0.2) is 0 Å². The second-order valence-electron chi connectivity index (χ2n) is 15.3. The molecule has 0 aliphatic heterocycles. The number of rotatable bonds is 7. The minimum absolute atomic E-state index is 1.09. The van der Waals surface area contributed by atoms with Crippen LogP contribution in [0.5, 0.6) is 0 Å². The maximum atomic E-state index is 2.41. The van der Waals surface area contributed by atoms with Crippen LogP contribution < -0.4 is 4.90 Å². The van der Waals surface area contributed by atoms with Gasteiger partial charge >= 0.3 is 0 Å². The van der Waals surface area contributed by atoms with Gasteiger partial charge in [0.1, 0.15) is 0 Å². The van der Waals surface area contributed by atoms with Crippen LogP contribution in [-0.4, -0.2) is 0 Å². The van der Waals surface area contributed by atoms with Crippen LogP contribution in [0.3, 0.4) is 0 Å². The molecule has 0 unspecified atom stereocenters. The summed E-state index contributed by atoms with van der Waals surface area (Å²) in [6, 6.07) is 86.5. The molecule has 0 aliphatic carbocycles. The van der Waals surface area contributed by atoms with E-state index in [9.17, 15) is 0 Å². The quantitative estimate of drug-likeness (QED) is 0.147. The molecule has 0 fully saturated rings. The Morgan fingerprint density at radius 1 is 0.203 bits per heavy atom. The molecule has 0 aromatic heterocycles. The lowest BCUT2D eigenvalue weighted by molar-refractivity contribution is 1.29. The van der Waals surface area contributed by atoms with Gasteiger partial charge in [0, 0.05) is 17.1 Å². The number of anilines is 3. The van der Waals surface area contributed by atoms with Crippen molar-refractivity contribution in [2.45, 2.75) is 0 Å². The van der Waals surface area contributed by atoms with Crippen LogP contribution in [0.1, 0.15) is 0 Å². The highest BCUT2D eigenvalue weighted by Crippen LogP contribution is 2.45. The van der Waals surface area contributed by atoms with Gasteiger partial charge in [-0.3, -0.25) is 0 Å². The van der Waals surface area contributed by atoms with E-state index >= 15 is 0 Å². The van der Waals surface area contributed by atoms with Crippen molar-refractivity contribution >= 4 is 60.2 Å². The Morgan fingerprint density at radius 3 is 1.46 bits per heavy atom. The fraction of sp³-hybridized carbons (Fsp3) is 0. The van der Waals surface area contributed by atoms with E-state index in [1.165, 1.54) is 87.6 Å². The van der Waals surface area contributed by atoms with Crippen molar-refractivity contribution in [3.63, 3.8) is 0 Å². The highest BCUT2D eigenvalue weighted by molar-refractivity contribution is 6.15. The second-order valence-corrected chi connectivity index (χ2v) is 15.3. The molecule has 0 N–H and O–H groups in total. The molecule has 0 spiro atoms. The Hall–Kier alpha value is -7.74. The third-order valence-electron chi connectivity index (χ3n) is 11.8. The topological polar surface area (TPSA) is 3.24 Å². The minimum Gasteiger partial charge on any atom is -0.310 e. The second kappa shape index (κ2) is 14.6. The summed E-state index contributed by atoms with van der Waals surface area (Å²) >= 11 is 0. The standard InChI is InChI=1S/C58H39N/c1-3-13-40(14-4-1)43-27-30-50(31-28-43)59(51-32-29-44-23-25-46(36-49(44)37-51)41-15-5-2-6-16-41)52-33-34-56(57(39-52)48-26-24-42-17-7-8-18-45(42)35-48)58-38-47-19-9-10-20-53(47)54-21-11-12-22-55(54)58/h1-39H. The van der Waals surface area contributed by atoms with E-state index in [0.717, 1.165) is 17.1 Å². The highest BCUT2D eigenvalue weighted by Gasteiger charge is 2.19. The molecular formula is C58H39N. The monoisotopic (exact) mass is 749 g/mol. The van der Waals surface area contributed by atoms with Gasteiger partial charge in [0.05, 0.1) is 0 Å². The zero-order valence-electron chi connectivity index (χ0n) is 32.5. The summed E-state index contributed by atoms with van der Waals surface area (Å²) in [5.74, 6) is 0. The van der Waals surface area contributed by atoms with Crippen molar-refractivity contribution in [1.29, 1.82) is 0 Å². The van der Waals surface area contributed by atoms with Gasteiger partial charge in [0.25, 0.3) is 0 Å². The molecule has 0 amide bonds. The molecule has 11 aromatic carbocycles. The summed E-state index contributed by atoms with van der Waals surface area (Å²) in [5.41, 5.74) is 12.9. The maximum absolute atomic E-state index is 2.41. The number of hydrogen-bond donors (Lipinski definition) is 0. The van der Waals surface area contributed by atoms with E-state index < -0.39 is 0 Å². The van der Waals surface area contributed by atoms with E-state index in [-0.39, 0.29) is 0 Å². The summed E-state index contributed by atoms with van der Waals surface area (Å²) in [6.45, 7) is 0. The molecule has 11 aromatic rings. The molecule has 1 nitrogen and oxygen atoms in total. The van der Waals surface area contributed by atoms with Crippen LogP contribution >= 0.6 is 0 Å². The molecule has 1 heteroatoms. The fourth-order valence-electron chi connectivity index (χ4n) is 8.84. The van der Waals surface area contributed by atoms with Crippen LogP contribution in [-0.2, 0) is 0 Å². The van der Waals surface area contributed by atoms with Crippen LogP contribution in [0.15, 0.2) is 237 Å². The van der Waals surface area contributed by atoms with Gasteiger partial charge in [-0.2, -0.15) is 0 Å². The largest absolute Gasteiger partial charge is 0.310 e. The number of benzene rings is 11. The Bertz CT molecular complexity index is 3310. The predicted octanol–water partition coefficient (Wildman–Crippen LogP) is 16.4. The van der Waals surface area contributed by atoms with Crippen molar-refractivity contribution in [1.82, 2.24) is 0 Å². The minimum atomic E-state index is 1.09. The van der Waals surface area contributed by atoms with Crippen LogP contribution in [0.25, 0.3) is 87.6 Å². The van der Waals surface area contributed by atoms with Crippen molar-refractivity contribution in [2.75, 3.05) is 4.90 Å². The lowest BCUT2D eigenvalue weighted by Gasteiger charge is -2.27. The lowest BCUT2D eigenvalue weighted by atomic mass is 9.88. The summed E-state index contributed by atoms with van der Waals surface area (Å²) in [6.07, 6.45) is 0. The first-order valence-corrected chi connectivity index (χ1v) is 20.3. The smallest absolute Gasteiger partial charge is 0.0468 e. The molecule has 0 heterocycles. The van der Waals surface area contributed by atoms with Crippen molar-refractivity contribution in [3.05, 3.63) is 237 Å². The summed E-state index contributed by atoms with van der Waals surface area (Å²) in [5, 5.41) is 9.89. The molecule has 59 heavy (non-hydrogen) atoms. The molecule has 11 rings (SSSR count). The molecule has 0 saturated carbocycles. The van der Waals surface area contributed by atoms with Crippen molar-refractivity contribution in [3.8, 4) is 44.5 Å². The Labute approximate surface area is 344 Å². The van der Waals surface area contributed by atoms with E-state index in [1.807, 2.05) is 0 Å². The zero-order valence-corrected chi connectivity index (χ0v) is 32.5. The highest BCUT2D eigenvalue weighted by atomic mass is 15.1. The molecule has 276 valence electrons. The Morgan fingerprint density at radius 2 is 0.695 bits per heavy atom. The van der Waals surface area contributed by atoms with Gasteiger partial charge in [-0.05, 0) is 142 Å². The zero-order chi connectivity index (χ0) is 39.1. The normalized spacial score (nSPS) is 11.4. The molecule has 0 aliphatic rings. The van der Waals surface area contributed by atoms with Crippen molar-refractivity contribution in [2.24, 2.45) is 0 Å². The molecule has 0 saturated heterocycles. The van der Waals surface area contributed by atoms with Gasteiger partial charge in [0.2, 0.25) is 0 Å². The summed E-state index contributed by atoms with van der Waals surface area (Å²) in [4.78, 5) is 2.41. The number of hydrogen-bond acceptors (Lipinski definition) is 1. The first-order chi connectivity index (χ1) is 29.2. The third kappa shape index (κ3) is 6.40. The third-order valence-corrected chi connectivity index (χ3v) is 11.8. The fourth-order valence-corrected chi connectivity index (χ4v) is 8.84. The molecule has 0 radical (unpaired) electrons. The SMILES string of the molecule is c1ccc(-c2ccc(N(c3ccc(-c4cc5ccccc5c5ccccc45)c(-c4ccc5ccccc5c4)c3)c3ccc4ccc(-c5ccccc5)cc4c3)cc2)cc1. The first kappa shape index (κ1) is 34.5. The predicted molar refractivity (Wildman–Crippen MR) is 253 cm³/mol.